The van der Waals surface area contributed by atoms with Crippen molar-refractivity contribution in [2.75, 3.05) is 32.2 Å². The summed E-state index contributed by atoms with van der Waals surface area (Å²) < 4.78 is 56.4. The van der Waals surface area contributed by atoms with Crippen LogP contribution in [0.1, 0.15) is 0 Å². The predicted molar refractivity (Wildman–Crippen MR) is 111 cm³/mol. The predicted octanol–water partition coefficient (Wildman–Crippen LogP) is 2.67. The normalized spacial score (nSPS) is 11.6. The second kappa shape index (κ2) is 8.22. The summed E-state index contributed by atoms with van der Waals surface area (Å²) in [6.07, 6.45) is 3.00. The molecule has 0 fully saturated rings. The summed E-state index contributed by atoms with van der Waals surface area (Å²) in [5.74, 6) is -0.538. The number of rotatable bonds is 8. The Kier molecular flexibility index (Phi) is 5.46. The lowest BCUT2D eigenvalue weighted by Gasteiger charge is -2.14. The molecule has 0 bridgehead atoms. The van der Waals surface area contributed by atoms with Gasteiger partial charge in [-0.1, -0.05) is 18.2 Å². The minimum Gasteiger partial charge on any atom is -0.481 e. The zero-order chi connectivity index (χ0) is 22.0. The fourth-order valence-electron chi connectivity index (χ4n) is 3.11. The molecular weight excluding hydrogens is 429 g/mol. The van der Waals surface area contributed by atoms with Crippen LogP contribution in [0.15, 0.2) is 41.6 Å². The van der Waals surface area contributed by atoms with Gasteiger partial charge < -0.3 is 19.2 Å². The van der Waals surface area contributed by atoms with E-state index in [1.165, 1.54) is 20.4 Å². The van der Waals surface area contributed by atoms with Crippen LogP contribution in [0.2, 0.25) is 0 Å². The molecule has 12 heteroatoms. The molecule has 1 aromatic carbocycles. The van der Waals surface area contributed by atoms with Gasteiger partial charge in [-0.2, -0.15) is 9.97 Å². The molecule has 0 spiro atoms. The minimum absolute atomic E-state index is 0.00524. The van der Waals surface area contributed by atoms with E-state index in [0.29, 0.717) is 16.4 Å². The third-order valence-corrected chi connectivity index (χ3v) is 5.78. The average Bonchev–Trinajstić information content (AvgIpc) is 3.23. The highest BCUT2D eigenvalue weighted by atomic mass is 32.2. The van der Waals surface area contributed by atoms with Crippen LogP contribution in [-0.2, 0) is 10.0 Å². The van der Waals surface area contributed by atoms with Crippen molar-refractivity contribution in [3.63, 3.8) is 0 Å². The summed E-state index contributed by atoms with van der Waals surface area (Å²) >= 11 is 0. The zero-order valence-corrected chi connectivity index (χ0v) is 17.4. The van der Waals surface area contributed by atoms with Crippen molar-refractivity contribution in [2.45, 2.75) is 4.90 Å². The molecule has 162 valence electrons. The number of nitrogens with zero attached hydrogens (tertiary/aromatic N) is 3. The Morgan fingerprint density at radius 2 is 1.87 bits per heavy atom. The van der Waals surface area contributed by atoms with E-state index in [4.69, 9.17) is 14.2 Å². The van der Waals surface area contributed by atoms with Crippen molar-refractivity contribution in [3.8, 4) is 17.5 Å². The number of pyridine rings is 1. The molecule has 31 heavy (non-hydrogen) atoms. The van der Waals surface area contributed by atoms with E-state index >= 15 is 0 Å². The summed E-state index contributed by atoms with van der Waals surface area (Å²) in [6, 6.07) is 7.17. The first kappa shape index (κ1) is 20.6. The summed E-state index contributed by atoms with van der Waals surface area (Å²) in [6.45, 7) is -1.01. The van der Waals surface area contributed by atoms with Crippen molar-refractivity contribution in [1.82, 2.24) is 19.9 Å². The Hall–Kier alpha value is -3.67. The lowest BCUT2D eigenvalue weighted by Crippen LogP contribution is -2.16. The Labute approximate surface area is 176 Å². The molecule has 0 unspecified atom stereocenters. The summed E-state index contributed by atoms with van der Waals surface area (Å²) in [5.41, 5.74) is 1.24. The van der Waals surface area contributed by atoms with E-state index in [9.17, 15) is 12.8 Å². The summed E-state index contributed by atoms with van der Waals surface area (Å²) in [4.78, 5) is 15.3. The molecule has 0 aliphatic heterocycles. The van der Waals surface area contributed by atoms with Crippen molar-refractivity contribution in [3.05, 3.63) is 36.7 Å². The van der Waals surface area contributed by atoms with Gasteiger partial charge in [-0.3, -0.25) is 4.98 Å². The molecule has 0 aliphatic rings. The van der Waals surface area contributed by atoms with Crippen LogP contribution in [0.4, 0.5) is 10.3 Å². The van der Waals surface area contributed by atoms with Gasteiger partial charge in [0, 0.05) is 23.2 Å². The molecular formula is C19H18FN5O5S. The Morgan fingerprint density at radius 3 is 2.55 bits per heavy atom. The number of aromatic amines is 1. The summed E-state index contributed by atoms with van der Waals surface area (Å²) in [7, 11) is -1.48. The molecule has 0 amide bonds. The van der Waals surface area contributed by atoms with Gasteiger partial charge in [-0.25, -0.2) is 17.5 Å². The number of ether oxygens (including phenoxy) is 3. The molecule has 3 aromatic heterocycles. The van der Waals surface area contributed by atoms with Crippen molar-refractivity contribution in [1.29, 1.82) is 0 Å². The highest BCUT2D eigenvalue weighted by Crippen LogP contribution is 2.36. The highest BCUT2D eigenvalue weighted by molar-refractivity contribution is 7.93. The number of benzene rings is 1. The lowest BCUT2D eigenvalue weighted by atomic mass is 10.1. The number of aromatic nitrogens is 4. The Bertz CT molecular complexity index is 1330. The SMILES string of the molecule is COc1nc(NS(=O)(=O)c2c[nH]c3c2ccc2cccnc23)nc(OC)c1OCCF. The summed E-state index contributed by atoms with van der Waals surface area (Å²) in [5, 5.41) is 1.33. The molecule has 2 N–H and O–H groups in total. The van der Waals surface area contributed by atoms with Gasteiger partial charge in [0.1, 0.15) is 18.2 Å². The van der Waals surface area contributed by atoms with Crippen LogP contribution < -0.4 is 18.9 Å². The second-order valence-electron chi connectivity index (χ2n) is 6.25. The average molecular weight is 447 g/mol. The maximum atomic E-state index is 13.1. The van der Waals surface area contributed by atoms with Gasteiger partial charge in [0.15, 0.2) is 0 Å². The molecule has 0 radical (unpaired) electrons. The van der Waals surface area contributed by atoms with Crippen LogP contribution in [0.25, 0.3) is 21.8 Å². The van der Waals surface area contributed by atoms with Crippen molar-refractivity contribution < 1.29 is 27.0 Å². The van der Waals surface area contributed by atoms with Crippen LogP contribution in [0, 0.1) is 0 Å². The van der Waals surface area contributed by atoms with Gasteiger partial charge in [0.2, 0.25) is 11.7 Å². The molecule has 4 aromatic rings. The number of hydrogen-bond acceptors (Lipinski definition) is 8. The largest absolute Gasteiger partial charge is 0.481 e. The smallest absolute Gasteiger partial charge is 0.266 e. The molecule has 0 atom stereocenters. The molecule has 0 saturated carbocycles. The number of fused-ring (bicyclic) bond motifs is 3. The van der Waals surface area contributed by atoms with Gasteiger partial charge in [0.25, 0.3) is 21.8 Å². The molecule has 0 saturated heterocycles. The molecule has 3 heterocycles. The van der Waals surface area contributed by atoms with Gasteiger partial charge in [-0.05, 0) is 6.07 Å². The highest BCUT2D eigenvalue weighted by Gasteiger charge is 2.24. The number of sulfonamides is 1. The van der Waals surface area contributed by atoms with E-state index in [2.05, 4.69) is 24.7 Å². The Morgan fingerprint density at radius 1 is 1.13 bits per heavy atom. The first-order chi connectivity index (χ1) is 15.0. The van der Waals surface area contributed by atoms with E-state index in [1.54, 1.807) is 24.4 Å². The van der Waals surface area contributed by atoms with Crippen molar-refractivity contribution in [2.24, 2.45) is 0 Å². The van der Waals surface area contributed by atoms with Crippen LogP contribution in [-0.4, -0.2) is 55.9 Å². The number of H-pyrrole nitrogens is 1. The van der Waals surface area contributed by atoms with Gasteiger partial charge >= 0.3 is 0 Å². The van der Waals surface area contributed by atoms with Crippen LogP contribution >= 0.6 is 0 Å². The Balaban J connectivity index is 1.74. The van der Waals surface area contributed by atoms with Crippen LogP contribution in [0.3, 0.4) is 0 Å². The number of hydrogen-bond donors (Lipinski definition) is 2. The maximum absolute atomic E-state index is 13.1. The number of alkyl halides is 1. The standard InChI is InChI=1S/C19H18FN5O5S/c1-28-17-16(30-9-7-20)18(29-2)24-19(23-17)25-31(26,27)13-10-22-15-12(13)6-5-11-4-3-8-21-14(11)15/h3-6,8,10,22H,7,9H2,1-2H3,(H,23,24,25). The number of anilines is 1. The van der Waals surface area contributed by atoms with E-state index < -0.39 is 16.7 Å². The number of nitrogens with one attached hydrogen (secondary N) is 2. The van der Waals surface area contributed by atoms with Gasteiger partial charge in [0.05, 0.1) is 25.3 Å². The topological polar surface area (TPSA) is 128 Å². The molecule has 4 rings (SSSR count). The maximum Gasteiger partial charge on any atom is 0.266 e. The lowest BCUT2D eigenvalue weighted by molar-refractivity contribution is 0.240. The first-order valence-corrected chi connectivity index (χ1v) is 10.5. The minimum atomic E-state index is -4.09. The van der Waals surface area contributed by atoms with Crippen LogP contribution in [0.5, 0.6) is 17.5 Å². The third kappa shape index (κ3) is 3.77. The number of methoxy groups -OCH3 is 2. The fraction of sp³-hybridized carbons (Fsp3) is 0.211. The van der Waals surface area contributed by atoms with E-state index in [0.717, 1.165) is 5.39 Å². The quantitative estimate of drug-likeness (QED) is 0.422. The molecule has 0 aliphatic carbocycles. The number of halogens is 1. The molecule has 10 nitrogen and oxygen atoms in total. The zero-order valence-electron chi connectivity index (χ0n) is 16.5. The monoisotopic (exact) mass is 447 g/mol. The van der Waals surface area contributed by atoms with E-state index in [1.807, 2.05) is 6.07 Å². The van der Waals surface area contributed by atoms with Gasteiger partial charge in [-0.15, -0.1) is 0 Å². The van der Waals surface area contributed by atoms with E-state index in [-0.39, 0.29) is 35.0 Å². The second-order valence-corrected chi connectivity index (χ2v) is 7.90. The first-order valence-electron chi connectivity index (χ1n) is 9.05. The van der Waals surface area contributed by atoms with Crippen molar-refractivity contribution >= 4 is 37.8 Å². The third-order valence-electron chi connectivity index (χ3n) is 4.42. The fourth-order valence-corrected chi connectivity index (χ4v) is 4.22.